The van der Waals surface area contributed by atoms with Gasteiger partial charge < -0.3 is 4.74 Å². The molecule has 0 bridgehead atoms. The van der Waals surface area contributed by atoms with Crippen LogP contribution in [0.3, 0.4) is 0 Å². The van der Waals surface area contributed by atoms with Gasteiger partial charge in [0, 0.05) is 12.3 Å². The number of aryl methyl sites for hydroxylation is 1. The lowest BCUT2D eigenvalue weighted by atomic mass is 9.87. The molecular weight excluding hydrogens is 279 g/mol. The molecule has 0 aliphatic rings. The summed E-state index contributed by atoms with van der Waals surface area (Å²) in [4.78, 5) is 11.6. The third-order valence-electron chi connectivity index (χ3n) is 3.70. The van der Waals surface area contributed by atoms with E-state index in [0.29, 0.717) is 18.6 Å². The molecule has 0 unspecified atom stereocenters. The van der Waals surface area contributed by atoms with Gasteiger partial charge in [-0.25, -0.2) is 4.39 Å². The molecule has 3 heteroatoms. The van der Waals surface area contributed by atoms with Gasteiger partial charge in [0.25, 0.3) is 0 Å². The second kappa shape index (κ2) is 7.74. The maximum Gasteiger partial charge on any atom is 0.305 e. The van der Waals surface area contributed by atoms with Gasteiger partial charge in [0.2, 0.25) is 0 Å². The predicted molar refractivity (Wildman–Crippen MR) is 85.3 cm³/mol. The van der Waals surface area contributed by atoms with Crippen LogP contribution >= 0.6 is 0 Å². The molecule has 116 valence electrons. The van der Waals surface area contributed by atoms with Gasteiger partial charge in [0.15, 0.2) is 0 Å². The maximum atomic E-state index is 14.2. The van der Waals surface area contributed by atoms with Crippen LogP contribution in [0, 0.1) is 12.7 Å². The average Bonchev–Trinajstić information content (AvgIpc) is 2.51. The van der Waals surface area contributed by atoms with E-state index < -0.39 is 0 Å². The molecule has 0 spiro atoms. The normalized spacial score (nSPS) is 12.0. The largest absolute Gasteiger partial charge is 0.466 e. The number of hydrogen-bond acceptors (Lipinski definition) is 2. The SMILES string of the molecule is CCOC(=O)CC[C@@H](c1ccc(C)cc1)c1ccccc1F. The highest BCUT2D eigenvalue weighted by atomic mass is 19.1. The molecule has 2 aromatic rings. The van der Waals surface area contributed by atoms with Crippen molar-refractivity contribution in [2.24, 2.45) is 0 Å². The first kappa shape index (κ1) is 16.2. The molecule has 0 saturated heterocycles. The Bertz CT molecular complexity index is 620. The zero-order chi connectivity index (χ0) is 15.9. The fraction of sp³-hybridized carbons (Fsp3) is 0.316. The molecule has 2 aromatic carbocycles. The Balaban J connectivity index is 2.26. The molecule has 0 aromatic heterocycles. The molecule has 0 fully saturated rings. The van der Waals surface area contributed by atoms with E-state index in [2.05, 4.69) is 0 Å². The molecule has 0 amide bonds. The summed E-state index contributed by atoms with van der Waals surface area (Å²) in [6.07, 6.45) is 0.809. The van der Waals surface area contributed by atoms with Crippen LogP contribution in [0.1, 0.15) is 42.4 Å². The summed E-state index contributed by atoms with van der Waals surface area (Å²) in [6.45, 7) is 4.17. The number of benzene rings is 2. The van der Waals surface area contributed by atoms with E-state index in [1.165, 1.54) is 6.07 Å². The fourth-order valence-electron chi connectivity index (χ4n) is 2.55. The quantitative estimate of drug-likeness (QED) is 0.728. The minimum absolute atomic E-state index is 0.147. The van der Waals surface area contributed by atoms with E-state index in [4.69, 9.17) is 4.74 Å². The van der Waals surface area contributed by atoms with E-state index in [9.17, 15) is 9.18 Å². The third kappa shape index (κ3) is 4.17. The molecule has 2 rings (SSSR count). The molecule has 1 atom stereocenters. The van der Waals surface area contributed by atoms with Gasteiger partial charge in [-0.2, -0.15) is 0 Å². The van der Waals surface area contributed by atoms with Gasteiger partial charge in [-0.1, -0.05) is 48.0 Å². The van der Waals surface area contributed by atoms with Gasteiger partial charge in [0.1, 0.15) is 5.82 Å². The first-order valence-electron chi connectivity index (χ1n) is 7.58. The number of carbonyl (C=O) groups is 1. The lowest BCUT2D eigenvalue weighted by molar-refractivity contribution is -0.143. The van der Waals surface area contributed by atoms with Crippen molar-refractivity contribution >= 4 is 5.97 Å². The standard InChI is InChI=1S/C19H21FO2/c1-3-22-19(21)13-12-16(15-10-8-14(2)9-11-15)17-6-4-5-7-18(17)20/h4-11,16H,3,12-13H2,1-2H3/t16-/m0/s1. The Morgan fingerprint density at radius 3 is 2.45 bits per heavy atom. The maximum absolute atomic E-state index is 14.2. The first-order chi connectivity index (χ1) is 10.6. The number of esters is 1. The van der Waals surface area contributed by atoms with Gasteiger partial charge in [0.05, 0.1) is 6.61 Å². The Kier molecular flexibility index (Phi) is 5.70. The zero-order valence-electron chi connectivity index (χ0n) is 13.0. The summed E-state index contributed by atoms with van der Waals surface area (Å²) in [5, 5.41) is 0. The van der Waals surface area contributed by atoms with Crippen LogP contribution in [0.25, 0.3) is 0 Å². The lowest BCUT2D eigenvalue weighted by Gasteiger charge is -2.18. The van der Waals surface area contributed by atoms with E-state index in [1.807, 2.05) is 37.3 Å². The van der Waals surface area contributed by atoms with Crippen molar-refractivity contribution in [1.29, 1.82) is 0 Å². The van der Waals surface area contributed by atoms with Crippen molar-refractivity contribution < 1.29 is 13.9 Å². The van der Waals surface area contributed by atoms with Gasteiger partial charge >= 0.3 is 5.97 Å². The van der Waals surface area contributed by atoms with E-state index in [-0.39, 0.29) is 24.1 Å². The van der Waals surface area contributed by atoms with Crippen molar-refractivity contribution in [3.8, 4) is 0 Å². The zero-order valence-corrected chi connectivity index (χ0v) is 13.0. The topological polar surface area (TPSA) is 26.3 Å². The minimum Gasteiger partial charge on any atom is -0.466 e. The third-order valence-corrected chi connectivity index (χ3v) is 3.70. The molecular formula is C19H21FO2. The summed E-state index contributed by atoms with van der Waals surface area (Å²) >= 11 is 0. The van der Waals surface area contributed by atoms with Gasteiger partial charge in [-0.15, -0.1) is 0 Å². The number of carbonyl (C=O) groups excluding carboxylic acids is 1. The van der Waals surface area contributed by atoms with Crippen molar-refractivity contribution in [2.75, 3.05) is 6.61 Å². The highest BCUT2D eigenvalue weighted by Crippen LogP contribution is 2.31. The Labute approximate surface area is 130 Å². The molecule has 0 aliphatic heterocycles. The van der Waals surface area contributed by atoms with Crippen LogP contribution < -0.4 is 0 Å². The Morgan fingerprint density at radius 2 is 1.82 bits per heavy atom. The molecule has 0 aliphatic carbocycles. The average molecular weight is 300 g/mol. The van der Waals surface area contributed by atoms with Crippen LogP contribution in [0.2, 0.25) is 0 Å². The van der Waals surface area contributed by atoms with Crippen LogP contribution in [-0.2, 0) is 9.53 Å². The van der Waals surface area contributed by atoms with Crippen molar-refractivity contribution in [3.63, 3.8) is 0 Å². The molecule has 0 heterocycles. The Hall–Kier alpha value is -2.16. The summed E-state index contributed by atoms with van der Waals surface area (Å²) in [5.41, 5.74) is 2.79. The van der Waals surface area contributed by atoms with Crippen LogP contribution in [0.15, 0.2) is 48.5 Å². The molecule has 2 nitrogen and oxygen atoms in total. The molecule has 22 heavy (non-hydrogen) atoms. The lowest BCUT2D eigenvalue weighted by Crippen LogP contribution is -2.09. The Morgan fingerprint density at radius 1 is 1.14 bits per heavy atom. The summed E-state index contributed by atoms with van der Waals surface area (Å²) < 4.78 is 19.1. The van der Waals surface area contributed by atoms with Crippen LogP contribution in [0.4, 0.5) is 4.39 Å². The second-order valence-electron chi connectivity index (χ2n) is 5.33. The van der Waals surface area contributed by atoms with Crippen LogP contribution in [0.5, 0.6) is 0 Å². The number of halogens is 1. The highest BCUT2D eigenvalue weighted by Gasteiger charge is 2.19. The monoisotopic (exact) mass is 300 g/mol. The van der Waals surface area contributed by atoms with Gasteiger partial charge in [-0.3, -0.25) is 4.79 Å². The number of ether oxygens (including phenoxy) is 1. The van der Waals surface area contributed by atoms with Crippen molar-refractivity contribution in [2.45, 2.75) is 32.6 Å². The van der Waals surface area contributed by atoms with Crippen molar-refractivity contribution in [1.82, 2.24) is 0 Å². The predicted octanol–water partition coefficient (Wildman–Crippen LogP) is 4.61. The number of rotatable bonds is 6. The van der Waals surface area contributed by atoms with E-state index in [1.54, 1.807) is 19.1 Å². The van der Waals surface area contributed by atoms with E-state index >= 15 is 0 Å². The first-order valence-corrected chi connectivity index (χ1v) is 7.58. The second-order valence-corrected chi connectivity index (χ2v) is 5.33. The summed E-state index contributed by atoms with van der Waals surface area (Å²) in [7, 11) is 0. The van der Waals surface area contributed by atoms with Gasteiger partial charge in [-0.05, 0) is 37.5 Å². The molecule has 0 saturated carbocycles. The fourth-order valence-corrected chi connectivity index (χ4v) is 2.55. The molecule has 0 radical (unpaired) electrons. The number of hydrogen-bond donors (Lipinski definition) is 0. The van der Waals surface area contributed by atoms with Crippen molar-refractivity contribution in [3.05, 3.63) is 71.0 Å². The minimum atomic E-state index is -0.240. The molecule has 0 N–H and O–H groups in total. The smallest absolute Gasteiger partial charge is 0.305 e. The van der Waals surface area contributed by atoms with Crippen LogP contribution in [-0.4, -0.2) is 12.6 Å². The summed E-state index contributed by atoms with van der Waals surface area (Å²) in [5.74, 6) is -0.626. The summed E-state index contributed by atoms with van der Waals surface area (Å²) in [6, 6.07) is 14.8. The highest BCUT2D eigenvalue weighted by molar-refractivity contribution is 5.69. The van der Waals surface area contributed by atoms with E-state index in [0.717, 1.165) is 11.1 Å².